The summed E-state index contributed by atoms with van der Waals surface area (Å²) in [7, 11) is -4.30. The van der Waals surface area contributed by atoms with Crippen LogP contribution in [-0.2, 0) is 10.0 Å². The van der Waals surface area contributed by atoms with E-state index in [4.69, 9.17) is 23.2 Å². The van der Waals surface area contributed by atoms with Gasteiger partial charge in [-0.15, -0.1) is 0 Å². The Hall–Kier alpha value is -2.35. The van der Waals surface area contributed by atoms with Crippen molar-refractivity contribution in [3.63, 3.8) is 0 Å². The SMILES string of the molecule is O=Cc1c(C(=O)O)n(S(=O)(=O)c2ccccc2)c2cc(Cl)cc(Cl)c12. The highest BCUT2D eigenvalue weighted by Gasteiger charge is 2.31. The van der Waals surface area contributed by atoms with E-state index in [-0.39, 0.29) is 37.7 Å². The Kier molecular flexibility index (Phi) is 4.32. The van der Waals surface area contributed by atoms with E-state index in [1.807, 2.05) is 0 Å². The molecular weight excluding hydrogens is 389 g/mol. The Balaban J connectivity index is 2.57. The predicted molar refractivity (Wildman–Crippen MR) is 93.3 cm³/mol. The van der Waals surface area contributed by atoms with Crippen LogP contribution in [0.1, 0.15) is 20.8 Å². The number of carboxylic acids is 1. The molecule has 128 valence electrons. The van der Waals surface area contributed by atoms with Crippen LogP contribution in [0.5, 0.6) is 0 Å². The van der Waals surface area contributed by atoms with Gasteiger partial charge in [-0.3, -0.25) is 4.79 Å². The maximum Gasteiger partial charge on any atom is 0.354 e. The van der Waals surface area contributed by atoms with Crippen LogP contribution in [0.2, 0.25) is 10.0 Å². The molecule has 0 aliphatic rings. The number of hydrogen-bond donors (Lipinski definition) is 1. The van der Waals surface area contributed by atoms with Crippen LogP contribution < -0.4 is 0 Å². The van der Waals surface area contributed by atoms with Crippen LogP contribution in [0, 0.1) is 0 Å². The normalized spacial score (nSPS) is 11.6. The van der Waals surface area contributed by atoms with E-state index in [2.05, 4.69) is 0 Å². The van der Waals surface area contributed by atoms with Crippen molar-refractivity contribution >= 4 is 56.4 Å². The topological polar surface area (TPSA) is 93.4 Å². The Morgan fingerprint density at radius 1 is 1.12 bits per heavy atom. The summed E-state index contributed by atoms with van der Waals surface area (Å²) < 4.78 is 26.6. The molecule has 9 heteroatoms. The smallest absolute Gasteiger partial charge is 0.354 e. The average Bonchev–Trinajstić information content (AvgIpc) is 2.91. The van der Waals surface area contributed by atoms with Gasteiger partial charge in [0.1, 0.15) is 0 Å². The van der Waals surface area contributed by atoms with Gasteiger partial charge in [0.25, 0.3) is 10.0 Å². The summed E-state index contributed by atoms with van der Waals surface area (Å²) in [5, 5.41) is 9.63. The van der Waals surface area contributed by atoms with Crippen molar-refractivity contribution < 1.29 is 23.1 Å². The molecule has 25 heavy (non-hydrogen) atoms. The van der Waals surface area contributed by atoms with Gasteiger partial charge in [-0.25, -0.2) is 17.2 Å². The first kappa shape index (κ1) is 17.5. The highest BCUT2D eigenvalue weighted by molar-refractivity contribution is 7.90. The number of carbonyl (C=O) groups excluding carboxylic acids is 1. The fraction of sp³-hybridized carbons (Fsp3) is 0. The molecule has 0 saturated heterocycles. The van der Waals surface area contributed by atoms with Crippen molar-refractivity contribution in [3.05, 3.63) is 63.8 Å². The largest absolute Gasteiger partial charge is 0.477 e. The summed E-state index contributed by atoms with van der Waals surface area (Å²) in [5.74, 6) is -1.58. The van der Waals surface area contributed by atoms with Crippen LogP contribution in [0.15, 0.2) is 47.4 Å². The van der Waals surface area contributed by atoms with Gasteiger partial charge in [0.05, 0.1) is 21.0 Å². The quantitative estimate of drug-likeness (QED) is 0.677. The number of benzene rings is 2. The van der Waals surface area contributed by atoms with Gasteiger partial charge in [-0.2, -0.15) is 0 Å². The molecular formula is C16H9Cl2NO5S. The van der Waals surface area contributed by atoms with Gasteiger partial charge in [-0.05, 0) is 24.3 Å². The first-order valence-electron chi connectivity index (χ1n) is 6.81. The number of hydrogen-bond acceptors (Lipinski definition) is 4. The van der Waals surface area contributed by atoms with E-state index < -0.39 is 21.7 Å². The number of nitrogens with zero attached hydrogens (tertiary/aromatic N) is 1. The Bertz CT molecular complexity index is 1120. The number of aldehydes is 1. The number of carboxylic acid groups (broad SMARTS) is 1. The molecule has 0 fully saturated rings. The minimum absolute atomic E-state index is 0.0120. The van der Waals surface area contributed by atoms with Gasteiger partial charge < -0.3 is 5.11 Å². The lowest BCUT2D eigenvalue weighted by atomic mass is 10.1. The van der Waals surface area contributed by atoms with E-state index >= 15 is 0 Å². The molecule has 0 unspecified atom stereocenters. The highest BCUT2D eigenvalue weighted by atomic mass is 35.5. The van der Waals surface area contributed by atoms with Gasteiger partial charge in [0.2, 0.25) is 0 Å². The van der Waals surface area contributed by atoms with Crippen molar-refractivity contribution in [2.24, 2.45) is 0 Å². The van der Waals surface area contributed by atoms with Crippen LogP contribution >= 0.6 is 23.2 Å². The lowest BCUT2D eigenvalue weighted by Gasteiger charge is -2.10. The minimum atomic E-state index is -4.30. The first-order chi connectivity index (χ1) is 11.8. The van der Waals surface area contributed by atoms with E-state index in [0.29, 0.717) is 3.97 Å². The molecule has 0 amide bonds. The summed E-state index contributed by atoms with van der Waals surface area (Å²) in [5.41, 5.74) is -1.11. The van der Waals surface area contributed by atoms with E-state index in [0.717, 1.165) is 0 Å². The fourth-order valence-electron chi connectivity index (χ4n) is 2.60. The van der Waals surface area contributed by atoms with Crippen molar-refractivity contribution in [2.75, 3.05) is 0 Å². The number of halogens is 2. The summed E-state index contributed by atoms with van der Waals surface area (Å²) in [6.45, 7) is 0. The zero-order valence-electron chi connectivity index (χ0n) is 12.3. The molecule has 0 spiro atoms. The molecule has 3 rings (SSSR count). The van der Waals surface area contributed by atoms with E-state index in [9.17, 15) is 23.1 Å². The van der Waals surface area contributed by atoms with Crippen LogP contribution in [-0.4, -0.2) is 29.8 Å². The van der Waals surface area contributed by atoms with E-state index in [1.165, 1.54) is 36.4 Å². The van der Waals surface area contributed by atoms with Gasteiger partial charge in [0.15, 0.2) is 12.0 Å². The minimum Gasteiger partial charge on any atom is -0.477 e. The molecule has 0 atom stereocenters. The monoisotopic (exact) mass is 397 g/mol. The second-order valence-electron chi connectivity index (χ2n) is 5.05. The summed E-state index contributed by atoms with van der Waals surface area (Å²) in [6, 6.07) is 9.82. The van der Waals surface area contributed by atoms with Crippen LogP contribution in [0.4, 0.5) is 0 Å². The lowest BCUT2D eigenvalue weighted by Crippen LogP contribution is -2.19. The maximum absolute atomic E-state index is 13.0. The van der Waals surface area contributed by atoms with Gasteiger partial charge in [-0.1, -0.05) is 41.4 Å². The molecule has 3 aromatic rings. The second-order valence-corrected chi connectivity index (χ2v) is 7.68. The predicted octanol–water partition coefficient (Wildman–Crippen LogP) is 3.70. The van der Waals surface area contributed by atoms with Crippen LogP contribution in [0.3, 0.4) is 0 Å². The maximum atomic E-state index is 13.0. The number of aromatic nitrogens is 1. The third-order valence-corrected chi connectivity index (χ3v) is 5.83. The van der Waals surface area contributed by atoms with E-state index in [1.54, 1.807) is 6.07 Å². The first-order valence-corrected chi connectivity index (χ1v) is 9.01. The van der Waals surface area contributed by atoms with Crippen molar-refractivity contribution in [2.45, 2.75) is 4.90 Å². The molecule has 6 nitrogen and oxygen atoms in total. The molecule has 2 aromatic carbocycles. The lowest BCUT2D eigenvalue weighted by molar-refractivity contribution is 0.0686. The number of fused-ring (bicyclic) bond motifs is 1. The van der Waals surface area contributed by atoms with Gasteiger partial charge in [0, 0.05) is 10.4 Å². The number of aromatic carboxylic acids is 1. The third kappa shape index (κ3) is 2.70. The molecule has 1 aromatic heterocycles. The fourth-order valence-corrected chi connectivity index (χ4v) is 4.72. The second kappa shape index (κ2) is 6.18. The summed E-state index contributed by atoms with van der Waals surface area (Å²) >= 11 is 12.0. The number of rotatable bonds is 4. The molecule has 0 bridgehead atoms. The molecule has 0 radical (unpaired) electrons. The standard InChI is InChI=1S/C16H9Cl2NO5S/c17-9-6-12(18)14-11(8-20)15(16(21)22)19(13(14)7-9)25(23,24)10-4-2-1-3-5-10/h1-8H,(H,21,22). The Morgan fingerprint density at radius 3 is 2.32 bits per heavy atom. The van der Waals surface area contributed by atoms with Crippen molar-refractivity contribution in [1.82, 2.24) is 3.97 Å². The average molecular weight is 398 g/mol. The zero-order valence-corrected chi connectivity index (χ0v) is 14.6. The third-order valence-electron chi connectivity index (χ3n) is 3.58. The molecule has 0 aliphatic carbocycles. The molecule has 1 N–H and O–H groups in total. The molecule has 0 aliphatic heterocycles. The Morgan fingerprint density at radius 2 is 1.76 bits per heavy atom. The Labute approximate surface area is 152 Å². The summed E-state index contributed by atoms with van der Waals surface area (Å²) in [6.07, 6.45) is 0.266. The highest BCUT2D eigenvalue weighted by Crippen LogP contribution is 2.36. The molecule has 1 heterocycles. The van der Waals surface area contributed by atoms with Crippen molar-refractivity contribution in [3.8, 4) is 0 Å². The summed E-state index contributed by atoms with van der Waals surface area (Å²) in [4.78, 5) is 23.1. The van der Waals surface area contributed by atoms with Crippen molar-refractivity contribution in [1.29, 1.82) is 0 Å². The van der Waals surface area contributed by atoms with Gasteiger partial charge >= 0.3 is 5.97 Å². The molecule has 0 saturated carbocycles. The number of carbonyl (C=O) groups is 2. The zero-order chi connectivity index (χ0) is 18.4. The van der Waals surface area contributed by atoms with Crippen LogP contribution in [0.25, 0.3) is 10.9 Å².